The van der Waals surface area contributed by atoms with Crippen molar-refractivity contribution in [3.63, 3.8) is 0 Å². The smallest absolute Gasteiger partial charge is 0.310 e. The average Bonchev–Trinajstić information content (AvgIpc) is 2.23. The van der Waals surface area contributed by atoms with Gasteiger partial charge in [0.05, 0.1) is 13.0 Å². The molecule has 0 radical (unpaired) electrons. The Balaban J connectivity index is 2.89. The van der Waals surface area contributed by atoms with E-state index < -0.39 is 0 Å². The predicted molar refractivity (Wildman–Crippen MR) is 71.8 cm³/mol. The summed E-state index contributed by atoms with van der Waals surface area (Å²) >= 11 is 6.93. The lowest BCUT2D eigenvalue weighted by molar-refractivity contribution is -0.142. The predicted octanol–water partition coefficient (Wildman–Crippen LogP) is 3.76. The summed E-state index contributed by atoms with van der Waals surface area (Å²) in [4.78, 5) is 11.4. The van der Waals surface area contributed by atoms with Crippen molar-refractivity contribution in [2.24, 2.45) is 0 Å². The fraction of sp³-hybridized carbons (Fsp3) is 0.417. The lowest BCUT2D eigenvalue weighted by Gasteiger charge is -2.09. The minimum atomic E-state index is -0.182. The summed E-state index contributed by atoms with van der Waals surface area (Å²) in [6, 6.07) is 4.00. The maximum absolute atomic E-state index is 11.4. The Morgan fingerprint density at radius 3 is 2.69 bits per heavy atom. The lowest BCUT2D eigenvalue weighted by atomic mass is 10.0. The number of benzene rings is 1. The molecule has 0 atom stereocenters. The van der Waals surface area contributed by atoms with E-state index in [1.54, 1.807) is 0 Å². The van der Waals surface area contributed by atoms with Gasteiger partial charge in [-0.1, -0.05) is 37.9 Å². The average molecular weight is 350 g/mol. The van der Waals surface area contributed by atoms with Gasteiger partial charge >= 0.3 is 5.97 Å². The molecule has 1 rings (SSSR count). The highest BCUT2D eigenvalue weighted by atomic mass is 79.9. The maximum atomic E-state index is 11.4. The molecule has 0 heterocycles. The van der Waals surface area contributed by atoms with Crippen molar-refractivity contribution in [3.05, 3.63) is 33.3 Å². The summed E-state index contributed by atoms with van der Waals surface area (Å²) in [6.45, 7) is 4.29. The largest absolute Gasteiger partial charge is 0.466 e. The zero-order valence-electron chi connectivity index (χ0n) is 9.35. The summed E-state index contributed by atoms with van der Waals surface area (Å²) in [7, 11) is 0. The number of carbonyl (C=O) groups excluding carboxylic acids is 1. The number of hydrogen-bond donors (Lipinski definition) is 0. The van der Waals surface area contributed by atoms with Crippen molar-refractivity contribution < 1.29 is 9.53 Å². The summed E-state index contributed by atoms with van der Waals surface area (Å²) in [5.41, 5.74) is 3.36. The Labute approximate surface area is 113 Å². The van der Waals surface area contributed by atoms with Crippen molar-refractivity contribution in [1.82, 2.24) is 0 Å². The van der Waals surface area contributed by atoms with Gasteiger partial charge in [-0.3, -0.25) is 4.79 Å². The lowest BCUT2D eigenvalue weighted by Crippen LogP contribution is -2.08. The van der Waals surface area contributed by atoms with Crippen LogP contribution < -0.4 is 0 Å². The van der Waals surface area contributed by atoms with Gasteiger partial charge in [-0.05, 0) is 36.6 Å². The van der Waals surface area contributed by atoms with Crippen LogP contribution in [0.3, 0.4) is 0 Å². The number of carbonyl (C=O) groups is 1. The van der Waals surface area contributed by atoms with Gasteiger partial charge in [0.1, 0.15) is 0 Å². The van der Waals surface area contributed by atoms with Crippen LogP contribution in [0.25, 0.3) is 0 Å². The van der Waals surface area contributed by atoms with E-state index in [1.165, 1.54) is 11.1 Å². The summed E-state index contributed by atoms with van der Waals surface area (Å²) < 4.78 is 5.95. The Morgan fingerprint density at radius 1 is 1.44 bits per heavy atom. The summed E-state index contributed by atoms with van der Waals surface area (Å²) in [5.74, 6) is -0.182. The van der Waals surface area contributed by atoms with E-state index >= 15 is 0 Å². The fourth-order valence-corrected chi connectivity index (χ4v) is 2.55. The second kappa shape index (κ2) is 6.40. The van der Waals surface area contributed by atoms with Crippen LogP contribution in [0.4, 0.5) is 0 Å². The van der Waals surface area contributed by atoms with Gasteiger partial charge in [-0.15, -0.1) is 0 Å². The second-order valence-corrected chi connectivity index (χ2v) is 4.89. The zero-order chi connectivity index (χ0) is 12.1. The van der Waals surface area contributed by atoms with Crippen molar-refractivity contribution in [3.8, 4) is 0 Å². The Bertz CT molecular complexity index is 389. The molecule has 2 nitrogen and oxygen atoms in total. The number of esters is 1. The molecule has 0 saturated carbocycles. The van der Waals surface area contributed by atoms with E-state index in [9.17, 15) is 4.79 Å². The zero-order valence-corrected chi connectivity index (χ0v) is 12.5. The highest BCUT2D eigenvalue weighted by Gasteiger charge is 2.08. The molecule has 0 aliphatic rings. The van der Waals surface area contributed by atoms with E-state index in [0.717, 1.165) is 15.4 Å². The third kappa shape index (κ3) is 3.59. The molecule has 88 valence electrons. The third-order valence-electron chi connectivity index (χ3n) is 2.31. The van der Waals surface area contributed by atoms with Crippen LogP contribution in [-0.2, 0) is 21.3 Å². The van der Waals surface area contributed by atoms with E-state index in [0.29, 0.717) is 13.0 Å². The summed E-state index contributed by atoms with van der Waals surface area (Å²) in [5, 5.41) is 0.786. The van der Waals surface area contributed by atoms with Gasteiger partial charge in [0, 0.05) is 9.80 Å². The molecule has 0 saturated heterocycles. The van der Waals surface area contributed by atoms with Crippen LogP contribution in [0.15, 0.2) is 16.6 Å². The highest BCUT2D eigenvalue weighted by Crippen LogP contribution is 2.24. The standard InChI is InChI=1S/C12H14Br2O2/c1-3-16-12(15)6-9-4-10(7-13)8(2)11(14)5-9/h4-5H,3,6-7H2,1-2H3. The molecule has 0 amide bonds. The molecule has 0 unspecified atom stereocenters. The van der Waals surface area contributed by atoms with Crippen molar-refractivity contribution in [2.45, 2.75) is 25.6 Å². The quantitative estimate of drug-likeness (QED) is 0.611. The molecule has 16 heavy (non-hydrogen) atoms. The second-order valence-electron chi connectivity index (χ2n) is 3.48. The first-order valence-electron chi connectivity index (χ1n) is 5.08. The maximum Gasteiger partial charge on any atom is 0.310 e. The first kappa shape index (κ1) is 13.7. The van der Waals surface area contributed by atoms with Crippen molar-refractivity contribution in [2.75, 3.05) is 6.61 Å². The Hall–Kier alpha value is -0.350. The first-order chi connectivity index (χ1) is 7.58. The van der Waals surface area contributed by atoms with Crippen LogP contribution >= 0.6 is 31.9 Å². The van der Waals surface area contributed by atoms with Crippen LogP contribution in [0, 0.1) is 6.92 Å². The van der Waals surface area contributed by atoms with Gasteiger partial charge < -0.3 is 4.74 Å². The summed E-state index contributed by atoms with van der Waals surface area (Å²) in [6.07, 6.45) is 0.326. The monoisotopic (exact) mass is 348 g/mol. The Morgan fingerprint density at radius 2 is 2.12 bits per heavy atom. The molecule has 0 aliphatic heterocycles. The SMILES string of the molecule is CCOC(=O)Cc1cc(Br)c(C)c(CBr)c1. The van der Waals surface area contributed by atoms with Crippen LogP contribution in [0.2, 0.25) is 0 Å². The molecule has 4 heteroatoms. The van der Waals surface area contributed by atoms with Crippen LogP contribution in [0.5, 0.6) is 0 Å². The fourth-order valence-electron chi connectivity index (χ4n) is 1.42. The number of ether oxygens (including phenoxy) is 1. The molecule has 0 aliphatic carbocycles. The Kier molecular flexibility index (Phi) is 5.49. The number of hydrogen-bond acceptors (Lipinski definition) is 2. The molecule has 0 spiro atoms. The number of rotatable bonds is 4. The van der Waals surface area contributed by atoms with Gasteiger partial charge in [-0.25, -0.2) is 0 Å². The molecular formula is C12H14Br2O2. The van der Waals surface area contributed by atoms with Crippen molar-refractivity contribution >= 4 is 37.8 Å². The minimum Gasteiger partial charge on any atom is -0.466 e. The van der Waals surface area contributed by atoms with Gasteiger partial charge in [0.2, 0.25) is 0 Å². The molecule has 1 aromatic rings. The van der Waals surface area contributed by atoms with Gasteiger partial charge in [0.15, 0.2) is 0 Å². The highest BCUT2D eigenvalue weighted by molar-refractivity contribution is 9.10. The number of alkyl halides is 1. The van der Waals surface area contributed by atoms with Gasteiger partial charge in [0.25, 0.3) is 0 Å². The normalized spacial score (nSPS) is 10.2. The molecular weight excluding hydrogens is 336 g/mol. The van der Waals surface area contributed by atoms with Crippen LogP contribution in [0.1, 0.15) is 23.6 Å². The molecule has 1 aromatic carbocycles. The minimum absolute atomic E-state index is 0.182. The van der Waals surface area contributed by atoms with Crippen LogP contribution in [-0.4, -0.2) is 12.6 Å². The van der Waals surface area contributed by atoms with Gasteiger partial charge in [-0.2, -0.15) is 0 Å². The number of halogens is 2. The van der Waals surface area contributed by atoms with E-state index in [2.05, 4.69) is 38.8 Å². The van der Waals surface area contributed by atoms with E-state index in [1.807, 2.05) is 19.1 Å². The first-order valence-corrected chi connectivity index (χ1v) is 6.99. The van der Waals surface area contributed by atoms with E-state index in [4.69, 9.17) is 4.74 Å². The van der Waals surface area contributed by atoms with E-state index in [-0.39, 0.29) is 5.97 Å². The third-order valence-corrected chi connectivity index (χ3v) is 3.74. The topological polar surface area (TPSA) is 26.3 Å². The van der Waals surface area contributed by atoms with Crippen molar-refractivity contribution in [1.29, 1.82) is 0 Å². The molecule has 0 aromatic heterocycles. The molecule has 0 N–H and O–H groups in total. The molecule has 0 bridgehead atoms. The molecule has 0 fully saturated rings.